The molecule has 2 saturated heterocycles. The average molecular weight is 642 g/mol. The smallest absolute Gasteiger partial charge is 0.313 e. The van der Waals surface area contributed by atoms with E-state index in [9.17, 15) is 24.3 Å². The molecule has 7 atom stereocenters. The van der Waals surface area contributed by atoms with Gasteiger partial charge in [0.1, 0.15) is 23.7 Å². The highest BCUT2D eigenvalue weighted by atomic mass is 16.6. The van der Waals surface area contributed by atoms with Gasteiger partial charge in [-0.05, 0) is 42.9 Å². The number of rotatable bonds is 5. The highest BCUT2D eigenvalue weighted by Gasteiger charge is 2.72. The van der Waals surface area contributed by atoms with Gasteiger partial charge in [-0.15, -0.1) is 0 Å². The summed E-state index contributed by atoms with van der Waals surface area (Å²) in [6, 6.07) is 13.1. The van der Waals surface area contributed by atoms with Crippen molar-refractivity contribution in [2.45, 2.75) is 70.4 Å². The third-order valence-corrected chi connectivity index (χ3v) is 10.0. The molecule has 10 nitrogen and oxygen atoms in total. The fraction of sp³-hybridized carbons (Fsp3) is 0.459. The molecule has 4 aliphatic heterocycles. The first kappa shape index (κ1) is 32.7. The molecule has 2 fully saturated rings. The summed E-state index contributed by atoms with van der Waals surface area (Å²) in [6.45, 7) is 7.62. The summed E-state index contributed by atoms with van der Waals surface area (Å²) < 4.78 is 13.0. The third kappa shape index (κ3) is 5.67. The predicted octanol–water partition coefficient (Wildman–Crippen LogP) is 3.55. The number of nitrogens with one attached hydrogen (secondary N) is 1. The lowest BCUT2D eigenvalue weighted by Gasteiger charge is -2.40. The highest BCUT2D eigenvalue weighted by molar-refractivity contribution is 6.06. The summed E-state index contributed by atoms with van der Waals surface area (Å²) in [5.41, 5.74) is 1.77. The Morgan fingerprint density at radius 1 is 0.979 bits per heavy atom. The zero-order valence-electron chi connectivity index (χ0n) is 27.3. The number of hydrogen-bond acceptors (Lipinski definition) is 7. The zero-order chi connectivity index (χ0) is 33.5. The van der Waals surface area contributed by atoms with E-state index in [1.54, 1.807) is 23.1 Å². The molecule has 0 aliphatic carbocycles. The topological polar surface area (TPSA) is 125 Å². The maximum Gasteiger partial charge on any atom is 0.313 e. The van der Waals surface area contributed by atoms with E-state index in [1.807, 2.05) is 82.3 Å². The van der Waals surface area contributed by atoms with Gasteiger partial charge in [0.15, 0.2) is 0 Å². The van der Waals surface area contributed by atoms with Crippen LogP contribution in [0, 0.1) is 31.6 Å². The Morgan fingerprint density at radius 2 is 1.70 bits per heavy atom. The molecular weight excluding hydrogens is 598 g/mol. The first-order valence-corrected chi connectivity index (χ1v) is 16.4. The maximum absolute atomic E-state index is 14.9. The van der Waals surface area contributed by atoms with Crippen molar-refractivity contribution in [2.75, 3.05) is 24.6 Å². The van der Waals surface area contributed by atoms with Crippen molar-refractivity contribution >= 4 is 29.4 Å². The number of fused-ring (bicyclic) bond motifs is 2. The molecule has 0 radical (unpaired) electrons. The van der Waals surface area contributed by atoms with Crippen LogP contribution in [0.3, 0.4) is 0 Å². The predicted molar refractivity (Wildman–Crippen MR) is 175 cm³/mol. The van der Waals surface area contributed by atoms with Crippen molar-refractivity contribution in [1.29, 1.82) is 0 Å². The first-order chi connectivity index (χ1) is 22.6. The molecule has 0 unspecified atom stereocenters. The normalized spacial score (nSPS) is 30.8. The number of aryl methyl sites for hydroxylation is 2. The molecule has 6 rings (SSSR count). The maximum atomic E-state index is 14.9. The number of carbonyl (C=O) groups excluding carboxylic acids is 4. The van der Waals surface area contributed by atoms with Gasteiger partial charge < -0.3 is 29.7 Å². The van der Waals surface area contributed by atoms with E-state index in [0.717, 1.165) is 16.8 Å². The number of ether oxygens (including phenoxy) is 2. The summed E-state index contributed by atoms with van der Waals surface area (Å²) in [5.74, 6) is -3.96. The van der Waals surface area contributed by atoms with Crippen molar-refractivity contribution in [2.24, 2.45) is 17.8 Å². The second-order valence-corrected chi connectivity index (χ2v) is 13.3. The van der Waals surface area contributed by atoms with E-state index < -0.39 is 53.6 Å². The molecule has 4 heterocycles. The van der Waals surface area contributed by atoms with E-state index in [1.165, 1.54) is 4.90 Å². The average Bonchev–Trinajstić information content (AvgIpc) is 3.43. The van der Waals surface area contributed by atoms with Crippen LogP contribution in [-0.4, -0.2) is 77.2 Å². The van der Waals surface area contributed by atoms with Crippen LogP contribution in [0.5, 0.6) is 0 Å². The van der Waals surface area contributed by atoms with E-state index in [0.29, 0.717) is 12.0 Å². The van der Waals surface area contributed by atoms with Crippen LogP contribution in [0.4, 0.5) is 5.69 Å². The number of esters is 1. The molecule has 0 bridgehead atoms. The number of nitrogens with zero attached hydrogens (tertiary/aromatic N) is 2. The van der Waals surface area contributed by atoms with Crippen LogP contribution >= 0.6 is 0 Å². The molecule has 2 aromatic rings. The summed E-state index contributed by atoms with van der Waals surface area (Å²) >= 11 is 0. The van der Waals surface area contributed by atoms with Gasteiger partial charge in [0.2, 0.25) is 11.8 Å². The van der Waals surface area contributed by atoms with Crippen molar-refractivity contribution in [3.8, 4) is 0 Å². The molecule has 0 saturated carbocycles. The molecule has 1 spiro atoms. The summed E-state index contributed by atoms with van der Waals surface area (Å²) in [7, 11) is 0. The number of carbonyl (C=O) groups is 4. The number of anilines is 1. The molecule has 0 aromatic heterocycles. The minimum Gasteiger partial charge on any atom is -0.455 e. The van der Waals surface area contributed by atoms with Crippen molar-refractivity contribution in [1.82, 2.24) is 10.2 Å². The van der Waals surface area contributed by atoms with Gasteiger partial charge in [-0.3, -0.25) is 19.2 Å². The number of amides is 3. The van der Waals surface area contributed by atoms with Gasteiger partial charge in [-0.2, -0.15) is 0 Å². The van der Waals surface area contributed by atoms with Crippen LogP contribution in [0.2, 0.25) is 0 Å². The number of allylic oxidation sites excluding steroid dienone is 1. The number of aliphatic hydroxyl groups excluding tert-OH is 1. The quantitative estimate of drug-likeness (QED) is 0.378. The Bertz CT molecular complexity index is 1580. The van der Waals surface area contributed by atoms with Crippen molar-refractivity contribution in [3.05, 3.63) is 89.5 Å². The molecule has 2 N–H and O–H groups in total. The Labute approximate surface area is 275 Å². The van der Waals surface area contributed by atoms with E-state index in [2.05, 4.69) is 5.32 Å². The Morgan fingerprint density at radius 3 is 2.38 bits per heavy atom. The van der Waals surface area contributed by atoms with Gasteiger partial charge in [0.05, 0.1) is 31.2 Å². The largest absolute Gasteiger partial charge is 0.455 e. The number of benzene rings is 2. The number of likely N-dealkylation sites (tertiary alicyclic amines) is 1. The lowest BCUT2D eigenvalue weighted by atomic mass is 9.77. The van der Waals surface area contributed by atoms with Gasteiger partial charge in [-0.1, -0.05) is 86.7 Å². The fourth-order valence-corrected chi connectivity index (χ4v) is 7.76. The second-order valence-electron chi connectivity index (χ2n) is 13.3. The molecule has 3 amide bonds. The van der Waals surface area contributed by atoms with E-state index in [-0.39, 0.29) is 43.8 Å². The molecule has 4 aliphatic rings. The Kier molecular flexibility index (Phi) is 9.09. The van der Waals surface area contributed by atoms with Crippen molar-refractivity contribution < 1.29 is 33.8 Å². The summed E-state index contributed by atoms with van der Waals surface area (Å²) in [6.07, 6.45) is 6.06. The summed E-state index contributed by atoms with van der Waals surface area (Å²) in [5, 5.41) is 13.5. The van der Waals surface area contributed by atoms with Crippen LogP contribution in [0.15, 0.2) is 72.8 Å². The van der Waals surface area contributed by atoms with Crippen LogP contribution in [0.25, 0.3) is 0 Å². The summed E-state index contributed by atoms with van der Waals surface area (Å²) in [4.78, 5) is 59.8. The Hall–Kier alpha value is -4.28. The van der Waals surface area contributed by atoms with Crippen molar-refractivity contribution in [3.63, 3.8) is 0 Å². The van der Waals surface area contributed by atoms with Gasteiger partial charge in [-0.25, -0.2) is 0 Å². The lowest BCUT2D eigenvalue weighted by molar-refractivity contribution is -0.160. The minimum atomic E-state index is -1.50. The van der Waals surface area contributed by atoms with E-state index in [4.69, 9.17) is 9.47 Å². The highest BCUT2D eigenvalue weighted by Crippen LogP contribution is 2.54. The third-order valence-electron chi connectivity index (χ3n) is 10.0. The SMILES string of the molecule is Cc1cccc(C)c1N1CC=C[C@@]23O[C@H]4/C=C\CCC(=O)NC[C@H](c5ccccc5)OC(=O)[C@H]4[C@@H]2C(=O)N([C@@H](CO)C(C)C)[C@H]3C1=O. The minimum absolute atomic E-state index is 0.0676. The van der Waals surface area contributed by atoms with Gasteiger partial charge >= 0.3 is 5.97 Å². The van der Waals surface area contributed by atoms with Crippen LogP contribution in [0.1, 0.15) is 49.5 Å². The second kappa shape index (κ2) is 13.1. The molecule has 47 heavy (non-hydrogen) atoms. The molecule has 248 valence electrons. The fourth-order valence-electron chi connectivity index (χ4n) is 7.76. The van der Waals surface area contributed by atoms with Gasteiger partial charge in [0, 0.05) is 18.7 Å². The number of cyclic esters (lactones) is 1. The Balaban J connectivity index is 1.48. The monoisotopic (exact) mass is 641 g/mol. The molecule has 10 heteroatoms. The lowest BCUT2D eigenvalue weighted by Crippen LogP contribution is -2.59. The first-order valence-electron chi connectivity index (χ1n) is 16.4. The number of hydrogen-bond donors (Lipinski definition) is 2. The number of aliphatic hydroxyl groups is 1. The van der Waals surface area contributed by atoms with Gasteiger partial charge in [0.25, 0.3) is 5.91 Å². The number of para-hydroxylation sites is 1. The van der Waals surface area contributed by atoms with E-state index >= 15 is 0 Å². The van der Waals surface area contributed by atoms with Crippen LogP contribution < -0.4 is 10.2 Å². The van der Waals surface area contributed by atoms with Crippen LogP contribution in [-0.2, 0) is 28.7 Å². The molecular formula is C37H43N3O7. The standard InChI is InChI=1S/C37H43N3O7/c1-22(2)26(21-41)40-33-35(44)39(32-23(3)12-10-13-24(32)4)19-11-18-37(33)31(34(40)43)30-27(47-37)16-8-9-17-29(42)38-20-28(46-36(30)45)25-14-6-5-7-15-25/h5-8,10-16,18,22,26-28,30-31,33,41H,9,17,19-21H2,1-4H3,(H,38,42)/b16-8-/t26-,27-,28+,30+,31+,33-,37+/m0/s1. The zero-order valence-corrected chi connectivity index (χ0v) is 27.3. The molecule has 2 aromatic carbocycles.